The Morgan fingerprint density at radius 1 is 1.21 bits per heavy atom. The summed E-state index contributed by atoms with van der Waals surface area (Å²) < 4.78 is 23.1. The van der Waals surface area contributed by atoms with E-state index in [0.29, 0.717) is 18.6 Å². The number of piperidine rings is 1. The molecule has 5 heteroatoms. The highest BCUT2D eigenvalue weighted by atomic mass is 19.1. The maximum atomic E-state index is 12.6. The Morgan fingerprint density at radius 2 is 1.96 bits per heavy atom. The monoisotopic (exact) mass is 335 g/mol. The maximum Gasteiger partial charge on any atom is 0.161 e. The van der Waals surface area contributed by atoms with E-state index in [2.05, 4.69) is 4.90 Å². The van der Waals surface area contributed by atoms with Crippen molar-refractivity contribution in [3.8, 4) is 11.5 Å². The molecule has 1 saturated heterocycles. The summed E-state index contributed by atoms with van der Waals surface area (Å²) in [6.07, 6.45) is 3.67. The zero-order valence-electron chi connectivity index (χ0n) is 14.5. The van der Waals surface area contributed by atoms with Gasteiger partial charge in [0.05, 0.1) is 20.9 Å². The Kier molecular flexibility index (Phi) is 5.39. The number of alkyl halides is 1. The largest absolute Gasteiger partial charge is 0.493 e. The normalized spacial score (nSPS) is 23.5. The lowest BCUT2D eigenvalue weighted by atomic mass is 9.81. The van der Waals surface area contributed by atoms with Crippen molar-refractivity contribution in [2.24, 2.45) is 5.92 Å². The lowest BCUT2D eigenvalue weighted by Gasteiger charge is -2.43. The van der Waals surface area contributed by atoms with Gasteiger partial charge in [-0.3, -0.25) is 14.1 Å². The van der Waals surface area contributed by atoms with Gasteiger partial charge in [-0.05, 0) is 42.5 Å². The van der Waals surface area contributed by atoms with E-state index >= 15 is 0 Å². The summed E-state index contributed by atoms with van der Waals surface area (Å²) in [5.41, 5.74) is 2.44. The van der Waals surface area contributed by atoms with Gasteiger partial charge in [-0.1, -0.05) is 6.42 Å². The molecule has 132 valence electrons. The number of rotatable bonds is 6. The van der Waals surface area contributed by atoms with Crippen LogP contribution >= 0.6 is 0 Å². The molecule has 1 aromatic carbocycles. The lowest BCUT2D eigenvalue weighted by molar-refractivity contribution is -0.129. The van der Waals surface area contributed by atoms with E-state index in [0.717, 1.165) is 43.9 Å². The van der Waals surface area contributed by atoms with E-state index in [9.17, 15) is 9.18 Å². The number of unbranched alkanes of at least 4 members (excludes halogenated alkanes) is 1. The number of hydrogen-bond donors (Lipinski definition) is 0. The number of benzene rings is 1. The zero-order valence-corrected chi connectivity index (χ0v) is 14.5. The number of carbonyl (C=O) groups excluding carboxylic acids is 1. The third-order valence-corrected chi connectivity index (χ3v) is 5.35. The van der Waals surface area contributed by atoms with Crippen LogP contribution < -0.4 is 9.47 Å². The average molecular weight is 335 g/mol. The fourth-order valence-corrected chi connectivity index (χ4v) is 4.02. The zero-order chi connectivity index (χ0) is 17.1. The van der Waals surface area contributed by atoms with Gasteiger partial charge in [-0.2, -0.15) is 0 Å². The number of halogens is 1. The van der Waals surface area contributed by atoms with Crippen molar-refractivity contribution in [3.63, 3.8) is 0 Å². The molecule has 0 unspecified atom stereocenters. The molecule has 0 spiro atoms. The number of Topliss-reactive ketones (excluding diaryl/α,β-unsaturated/α-hetero) is 1. The van der Waals surface area contributed by atoms with Crippen molar-refractivity contribution in [1.29, 1.82) is 0 Å². The standard InChI is InChI=1S/C19H26FNO3/c1-23-18-9-13-6-8-21-12-14(5-3-4-7-20)17(22)11-16(21)15(13)10-19(18)24-2/h9-10,14,16H,3-8,11-12H2,1-2H3/t14-,16-/m1/s1. The first kappa shape index (κ1) is 17.2. The number of ketones is 1. The Bertz CT molecular complexity index is 605. The molecule has 3 rings (SSSR count). The van der Waals surface area contributed by atoms with E-state index < -0.39 is 0 Å². The summed E-state index contributed by atoms with van der Waals surface area (Å²) in [7, 11) is 3.28. The Hall–Kier alpha value is -1.62. The van der Waals surface area contributed by atoms with Gasteiger partial charge in [-0.25, -0.2) is 0 Å². The molecule has 2 aliphatic rings. The van der Waals surface area contributed by atoms with Gasteiger partial charge in [0, 0.05) is 31.5 Å². The Morgan fingerprint density at radius 3 is 2.67 bits per heavy atom. The molecule has 1 aromatic rings. The van der Waals surface area contributed by atoms with Crippen LogP contribution in [0.4, 0.5) is 4.39 Å². The minimum Gasteiger partial charge on any atom is -0.493 e. The predicted octanol–water partition coefficient (Wildman–Crippen LogP) is 3.33. The van der Waals surface area contributed by atoms with Gasteiger partial charge >= 0.3 is 0 Å². The van der Waals surface area contributed by atoms with E-state index in [1.807, 2.05) is 12.1 Å². The van der Waals surface area contributed by atoms with E-state index in [-0.39, 0.29) is 18.6 Å². The van der Waals surface area contributed by atoms with Crippen molar-refractivity contribution in [1.82, 2.24) is 4.90 Å². The number of nitrogens with zero attached hydrogens (tertiary/aromatic N) is 1. The molecule has 0 aromatic heterocycles. The molecule has 24 heavy (non-hydrogen) atoms. The molecular formula is C19H26FNO3. The van der Waals surface area contributed by atoms with Gasteiger partial charge < -0.3 is 9.47 Å². The second-order valence-electron chi connectivity index (χ2n) is 6.72. The molecule has 2 aliphatic heterocycles. The second kappa shape index (κ2) is 7.51. The van der Waals surface area contributed by atoms with Crippen LogP contribution in [0.25, 0.3) is 0 Å². The van der Waals surface area contributed by atoms with Crippen molar-refractivity contribution in [2.45, 2.75) is 38.1 Å². The Balaban J connectivity index is 1.79. The van der Waals surface area contributed by atoms with Crippen LogP contribution in [0.5, 0.6) is 11.5 Å². The minimum absolute atomic E-state index is 0.0643. The van der Waals surface area contributed by atoms with E-state index in [1.54, 1.807) is 14.2 Å². The van der Waals surface area contributed by atoms with Crippen molar-refractivity contribution in [3.05, 3.63) is 23.3 Å². The highest BCUT2D eigenvalue weighted by molar-refractivity contribution is 5.83. The molecule has 2 heterocycles. The summed E-state index contributed by atoms with van der Waals surface area (Å²) in [5, 5.41) is 0. The molecule has 2 atom stereocenters. The summed E-state index contributed by atoms with van der Waals surface area (Å²) in [4.78, 5) is 15.0. The topological polar surface area (TPSA) is 38.8 Å². The van der Waals surface area contributed by atoms with Crippen molar-refractivity contribution < 1.29 is 18.7 Å². The van der Waals surface area contributed by atoms with E-state index in [1.165, 1.54) is 11.1 Å². The van der Waals surface area contributed by atoms with Crippen LogP contribution in [0.1, 0.15) is 42.9 Å². The SMILES string of the molecule is COc1cc2c(cc1OC)[C@H]1CC(=O)[C@H](CCCCF)CN1CC2. The third kappa shape index (κ3) is 3.27. The molecule has 0 bridgehead atoms. The predicted molar refractivity (Wildman–Crippen MR) is 90.5 cm³/mol. The summed E-state index contributed by atoms with van der Waals surface area (Å²) in [5.74, 6) is 1.85. The van der Waals surface area contributed by atoms with Crippen molar-refractivity contribution >= 4 is 5.78 Å². The number of methoxy groups -OCH3 is 2. The second-order valence-corrected chi connectivity index (χ2v) is 6.72. The fourth-order valence-electron chi connectivity index (χ4n) is 4.02. The minimum atomic E-state index is -0.289. The maximum absolute atomic E-state index is 12.6. The first-order chi connectivity index (χ1) is 11.7. The molecule has 0 aliphatic carbocycles. The molecular weight excluding hydrogens is 309 g/mol. The summed E-state index contributed by atoms with van der Waals surface area (Å²) >= 11 is 0. The van der Waals surface area contributed by atoms with Gasteiger partial charge in [0.25, 0.3) is 0 Å². The molecule has 0 N–H and O–H groups in total. The summed E-state index contributed by atoms with van der Waals surface area (Å²) in [6, 6.07) is 4.21. The summed E-state index contributed by atoms with van der Waals surface area (Å²) in [6.45, 7) is 1.46. The Labute approximate surface area is 142 Å². The molecule has 0 radical (unpaired) electrons. The van der Waals surface area contributed by atoms with Gasteiger partial charge in [-0.15, -0.1) is 0 Å². The fraction of sp³-hybridized carbons (Fsp3) is 0.632. The third-order valence-electron chi connectivity index (χ3n) is 5.35. The van der Waals surface area contributed by atoms with Crippen LogP contribution in [-0.2, 0) is 11.2 Å². The molecule has 4 nitrogen and oxygen atoms in total. The number of ether oxygens (including phenoxy) is 2. The first-order valence-corrected chi connectivity index (χ1v) is 8.75. The molecule has 0 amide bonds. The average Bonchev–Trinajstić information content (AvgIpc) is 2.61. The highest BCUT2D eigenvalue weighted by Crippen LogP contribution is 2.42. The molecule has 1 fully saturated rings. The van der Waals surface area contributed by atoms with Crippen LogP contribution in [0.3, 0.4) is 0 Å². The first-order valence-electron chi connectivity index (χ1n) is 8.75. The smallest absolute Gasteiger partial charge is 0.161 e. The number of fused-ring (bicyclic) bond motifs is 3. The van der Waals surface area contributed by atoms with Crippen molar-refractivity contribution in [2.75, 3.05) is 34.0 Å². The van der Waals surface area contributed by atoms with Crippen LogP contribution in [0.15, 0.2) is 12.1 Å². The number of hydrogen-bond acceptors (Lipinski definition) is 4. The van der Waals surface area contributed by atoms with Gasteiger partial charge in [0.2, 0.25) is 0 Å². The van der Waals surface area contributed by atoms with Crippen LogP contribution in [-0.4, -0.2) is 44.7 Å². The highest BCUT2D eigenvalue weighted by Gasteiger charge is 2.38. The quantitative estimate of drug-likeness (QED) is 0.748. The van der Waals surface area contributed by atoms with Crippen LogP contribution in [0, 0.1) is 5.92 Å². The lowest BCUT2D eigenvalue weighted by Crippen LogP contribution is -2.46. The van der Waals surface area contributed by atoms with Gasteiger partial charge in [0.1, 0.15) is 5.78 Å². The number of carbonyl (C=O) groups is 1. The van der Waals surface area contributed by atoms with Gasteiger partial charge in [0.15, 0.2) is 11.5 Å². The molecule has 0 saturated carbocycles. The van der Waals surface area contributed by atoms with E-state index in [4.69, 9.17) is 9.47 Å². The van der Waals surface area contributed by atoms with Crippen LogP contribution in [0.2, 0.25) is 0 Å².